The van der Waals surface area contributed by atoms with Crippen molar-refractivity contribution in [1.29, 1.82) is 0 Å². The Labute approximate surface area is 120 Å². The summed E-state index contributed by atoms with van der Waals surface area (Å²) in [6.07, 6.45) is 2.03. The first kappa shape index (κ1) is 14.7. The van der Waals surface area contributed by atoms with E-state index in [1.165, 1.54) is 5.56 Å². The fraction of sp³-hybridized carbons (Fsp3) is 0.500. The Morgan fingerprint density at radius 1 is 1.25 bits per heavy atom. The van der Waals surface area contributed by atoms with Gasteiger partial charge in [-0.15, -0.1) is 0 Å². The summed E-state index contributed by atoms with van der Waals surface area (Å²) in [5.41, 5.74) is 6.70. The van der Waals surface area contributed by atoms with Gasteiger partial charge in [0.15, 0.2) is 5.82 Å². The minimum absolute atomic E-state index is 0.160. The Morgan fingerprint density at radius 2 is 1.95 bits per heavy atom. The summed E-state index contributed by atoms with van der Waals surface area (Å²) in [5, 5.41) is 4.17. The first-order valence-corrected chi connectivity index (χ1v) is 7.19. The van der Waals surface area contributed by atoms with E-state index in [1.54, 1.807) is 0 Å². The number of hydrogen-bond acceptors (Lipinski definition) is 4. The van der Waals surface area contributed by atoms with Crippen LogP contribution in [0.2, 0.25) is 0 Å². The van der Waals surface area contributed by atoms with E-state index in [0.717, 1.165) is 12.8 Å². The van der Waals surface area contributed by atoms with Gasteiger partial charge in [0.1, 0.15) is 0 Å². The maximum Gasteiger partial charge on any atom is 0.231 e. The van der Waals surface area contributed by atoms with Gasteiger partial charge in [0.2, 0.25) is 5.89 Å². The predicted molar refractivity (Wildman–Crippen MR) is 79.6 cm³/mol. The van der Waals surface area contributed by atoms with E-state index in [1.807, 2.05) is 18.2 Å². The Hall–Kier alpha value is -1.68. The molecule has 108 valence electrons. The molecule has 0 radical (unpaired) electrons. The molecular weight excluding hydrogens is 250 g/mol. The van der Waals surface area contributed by atoms with Crippen LogP contribution in [-0.4, -0.2) is 16.7 Å². The van der Waals surface area contributed by atoms with Crippen molar-refractivity contribution < 1.29 is 4.52 Å². The smallest absolute Gasteiger partial charge is 0.231 e. The molecule has 2 rings (SSSR count). The van der Waals surface area contributed by atoms with Gasteiger partial charge < -0.3 is 10.3 Å². The van der Waals surface area contributed by atoms with Crippen molar-refractivity contribution in [2.75, 3.05) is 6.54 Å². The Bertz CT molecular complexity index is 534. The third-order valence-electron chi connectivity index (χ3n) is 3.77. The van der Waals surface area contributed by atoms with Crippen LogP contribution >= 0.6 is 0 Å². The molecule has 4 heteroatoms. The molecule has 0 saturated carbocycles. The quantitative estimate of drug-likeness (QED) is 0.877. The molecule has 0 spiro atoms. The second kappa shape index (κ2) is 6.18. The number of rotatable bonds is 6. The summed E-state index contributed by atoms with van der Waals surface area (Å²) in [6, 6.07) is 10.2. The molecule has 0 amide bonds. The molecule has 0 aliphatic heterocycles. The lowest BCUT2D eigenvalue weighted by Crippen LogP contribution is -2.21. The van der Waals surface area contributed by atoms with Crippen LogP contribution in [0, 0.1) is 0 Å². The van der Waals surface area contributed by atoms with Gasteiger partial charge in [-0.2, -0.15) is 4.98 Å². The van der Waals surface area contributed by atoms with Gasteiger partial charge in [0.05, 0.1) is 11.3 Å². The van der Waals surface area contributed by atoms with Crippen LogP contribution in [0.25, 0.3) is 0 Å². The van der Waals surface area contributed by atoms with E-state index in [2.05, 4.69) is 43.0 Å². The maximum atomic E-state index is 5.79. The van der Waals surface area contributed by atoms with Crippen LogP contribution in [-0.2, 0) is 5.41 Å². The first-order valence-electron chi connectivity index (χ1n) is 7.19. The van der Waals surface area contributed by atoms with Crippen LogP contribution in [0.15, 0.2) is 34.9 Å². The summed E-state index contributed by atoms with van der Waals surface area (Å²) in [4.78, 5) is 4.59. The summed E-state index contributed by atoms with van der Waals surface area (Å²) >= 11 is 0. The van der Waals surface area contributed by atoms with Crippen LogP contribution in [0.4, 0.5) is 0 Å². The average Bonchev–Trinajstić information content (AvgIpc) is 2.96. The van der Waals surface area contributed by atoms with E-state index in [4.69, 9.17) is 10.3 Å². The summed E-state index contributed by atoms with van der Waals surface area (Å²) in [5.74, 6) is 1.54. The molecule has 0 aliphatic rings. The Balaban J connectivity index is 2.28. The van der Waals surface area contributed by atoms with Crippen LogP contribution in [0.5, 0.6) is 0 Å². The first-order chi connectivity index (χ1) is 9.59. The SMILES string of the molecule is CCCC(CN)c1nc(C(C)(C)c2ccccc2)no1. The van der Waals surface area contributed by atoms with Crippen molar-refractivity contribution in [1.82, 2.24) is 10.1 Å². The zero-order valence-electron chi connectivity index (χ0n) is 12.5. The lowest BCUT2D eigenvalue weighted by atomic mass is 9.84. The Morgan fingerprint density at radius 3 is 2.55 bits per heavy atom. The molecule has 0 aliphatic carbocycles. The fourth-order valence-electron chi connectivity index (χ4n) is 2.33. The van der Waals surface area contributed by atoms with Crippen molar-refractivity contribution in [3.63, 3.8) is 0 Å². The molecule has 1 aromatic carbocycles. The van der Waals surface area contributed by atoms with Crippen molar-refractivity contribution >= 4 is 0 Å². The predicted octanol–water partition coefficient (Wildman–Crippen LogP) is 3.24. The van der Waals surface area contributed by atoms with Crippen molar-refractivity contribution in [2.24, 2.45) is 5.73 Å². The second-order valence-electron chi connectivity index (χ2n) is 5.67. The molecule has 20 heavy (non-hydrogen) atoms. The number of nitrogens with zero attached hydrogens (tertiary/aromatic N) is 2. The van der Waals surface area contributed by atoms with Crippen molar-refractivity contribution in [3.8, 4) is 0 Å². The molecule has 1 unspecified atom stereocenters. The van der Waals surface area contributed by atoms with Gasteiger partial charge >= 0.3 is 0 Å². The Kier molecular flexibility index (Phi) is 4.55. The molecule has 2 aromatic rings. The fourth-order valence-corrected chi connectivity index (χ4v) is 2.33. The number of benzene rings is 1. The summed E-state index contributed by atoms with van der Waals surface area (Å²) in [6.45, 7) is 6.89. The highest BCUT2D eigenvalue weighted by atomic mass is 16.5. The minimum atomic E-state index is -0.269. The molecule has 1 atom stereocenters. The number of nitrogens with two attached hydrogens (primary N) is 1. The van der Waals surface area contributed by atoms with E-state index in [-0.39, 0.29) is 11.3 Å². The van der Waals surface area contributed by atoms with Gasteiger partial charge in [-0.1, -0.05) is 48.8 Å². The molecule has 0 saturated heterocycles. The van der Waals surface area contributed by atoms with E-state index < -0.39 is 0 Å². The average molecular weight is 273 g/mol. The molecule has 1 aromatic heterocycles. The zero-order chi connectivity index (χ0) is 14.6. The third-order valence-corrected chi connectivity index (χ3v) is 3.77. The molecule has 2 N–H and O–H groups in total. The highest BCUT2D eigenvalue weighted by Crippen LogP contribution is 2.30. The second-order valence-corrected chi connectivity index (χ2v) is 5.67. The largest absolute Gasteiger partial charge is 0.339 e. The highest BCUT2D eigenvalue weighted by molar-refractivity contribution is 5.30. The van der Waals surface area contributed by atoms with Gasteiger partial charge in [-0.3, -0.25) is 0 Å². The molecule has 4 nitrogen and oxygen atoms in total. The van der Waals surface area contributed by atoms with Gasteiger partial charge in [0.25, 0.3) is 0 Å². The minimum Gasteiger partial charge on any atom is -0.339 e. The lowest BCUT2D eigenvalue weighted by Gasteiger charge is -2.20. The lowest BCUT2D eigenvalue weighted by molar-refractivity contribution is 0.339. The van der Waals surface area contributed by atoms with Crippen molar-refractivity contribution in [3.05, 3.63) is 47.6 Å². The van der Waals surface area contributed by atoms with Gasteiger partial charge in [-0.05, 0) is 25.8 Å². The van der Waals surface area contributed by atoms with Crippen molar-refractivity contribution in [2.45, 2.75) is 44.9 Å². The standard InChI is InChI=1S/C16H23N3O/c1-4-8-12(11-17)14-18-15(19-20-14)16(2,3)13-9-6-5-7-10-13/h5-7,9-10,12H,4,8,11,17H2,1-3H3. The summed E-state index contributed by atoms with van der Waals surface area (Å²) < 4.78 is 5.44. The van der Waals surface area contributed by atoms with E-state index in [9.17, 15) is 0 Å². The van der Waals surface area contributed by atoms with Gasteiger partial charge in [-0.25, -0.2) is 0 Å². The van der Waals surface area contributed by atoms with Crippen LogP contribution in [0.1, 0.15) is 56.8 Å². The molecule has 0 bridgehead atoms. The maximum absolute atomic E-state index is 5.79. The third kappa shape index (κ3) is 2.90. The van der Waals surface area contributed by atoms with Gasteiger partial charge in [0, 0.05) is 6.54 Å². The van der Waals surface area contributed by atoms with Crippen LogP contribution < -0.4 is 5.73 Å². The topological polar surface area (TPSA) is 64.9 Å². The van der Waals surface area contributed by atoms with E-state index >= 15 is 0 Å². The van der Waals surface area contributed by atoms with Crippen LogP contribution in [0.3, 0.4) is 0 Å². The molecular formula is C16H23N3O. The molecule has 1 heterocycles. The highest BCUT2D eigenvalue weighted by Gasteiger charge is 2.30. The normalized spacial score (nSPS) is 13.4. The van der Waals surface area contributed by atoms with E-state index in [0.29, 0.717) is 18.3 Å². The monoisotopic (exact) mass is 273 g/mol. The zero-order valence-corrected chi connectivity index (χ0v) is 12.5. The summed E-state index contributed by atoms with van der Waals surface area (Å²) in [7, 11) is 0. The number of aromatic nitrogens is 2. The molecule has 0 fully saturated rings. The number of hydrogen-bond donors (Lipinski definition) is 1.